The third-order valence-electron chi connectivity index (χ3n) is 2.31. The molecule has 0 bridgehead atoms. The molecule has 1 atom stereocenters. The first-order valence-corrected chi connectivity index (χ1v) is 5.57. The van der Waals surface area contributed by atoms with Gasteiger partial charge in [-0.15, -0.1) is 0 Å². The topological polar surface area (TPSA) is 57.6 Å². The fraction of sp³-hybridized carbons (Fsp3) is 0.818. The van der Waals surface area contributed by atoms with E-state index in [9.17, 15) is 14.0 Å². The van der Waals surface area contributed by atoms with Crippen LogP contribution < -0.4 is 0 Å². The summed E-state index contributed by atoms with van der Waals surface area (Å²) in [6.07, 6.45) is 1.55. The van der Waals surface area contributed by atoms with Crippen LogP contribution in [0.25, 0.3) is 0 Å². The number of carbonyl (C=O) groups is 2. The van der Waals surface area contributed by atoms with E-state index >= 15 is 0 Å². The van der Waals surface area contributed by atoms with Crippen LogP contribution in [-0.4, -0.2) is 41.6 Å². The summed E-state index contributed by atoms with van der Waals surface area (Å²) in [5, 5.41) is 8.46. The number of rotatable bonds is 8. The number of carbonyl (C=O) groups excluding carboxylic acids is 1. The maximum atomic E-state index is 13.0. The zero-order valence-corrected chi connectivity index (χ0v) is 9.91. The third kappa shape index (κ3) is 7.20. The largest absolute Gasteiger partial charge is 0.480 e. The van der Waals surface area contributed by atoms with Gasteiger partial charge in [-0.1, -0.05) is 13.3 Å². The normalized spacial score (nSPS) is 12.2. The molecule has 1 amide bonds. The first-order chi connectivity index (χ1) is 7.47. The van der Waals surface area contributed by atoms with E-state index in [0.29, 0.717) is 19.3 Å². The summed E-state index contributed by atoms with van der Waals surface area (Å²) >= 11 is 0. The van der Waals surface area contributed by atoms with Gasteiger partial charge in [-0.05, 0) is 19.3 Å². The summed E-state index contributed by atoms with van der Waals surface area (Å²) in [5.41, 5.74) is 0. The van der Waals surface area contributed by atoms with Crippen LogP contribution in [0.3, 0.4) is 0 Å². The molecule has 0 aliphatic carbocycles. The fourth-order valence-electron chi connectivity index (χ4n) is 1.41. The lowest BCUT2D eigenvalue weighted by atomic mass is 10.1. The molecule has 0 fully saturated rings. The van der Waals surface area contributed by atoms with Crippen molar-refractivity contribution in [1.82, 2.24) is 4.90 Å². The van der Waals surface area contributed by atoms with E-state index in [-0.39, 0.29) is 18.9 Å². The van der Waals surface area contributed by atoms with E-state index in [1.165, 1.54) is 7.05 Å². The Hall–Kier alpha value is -1.13. The van der Waals surface area contributed by atoms with Gasteiger partial charge < -0.3 is 10.0 Å². The van der Waals surface area contributed by atoms with Gasteiger partial charge in [-0.25, -0.2) is 4.39 Å². The Morgan fingerprint density at radius 2 is 2.00 bits per heavy atom. The highest BCUT2D eigenvalue weighted by Gasteiger charge is 2.12. The molecule has 0 radical (unpaired) electrons. The first kappa shape index (κ1) is 14.9. The summed E-state index contributed by atoms with van der Waals surface area (Å²) in [6.45, 7) is 1.62. The van der Waals surface area contributed by atoms with Crippen LogP contribution in [-0.2, 0) is 9.59 Å². The molecule has 0 aromatic heterocycles. The molecular formula is C11H20FNO3. The van der Waals surface area contributed by atoms with Gasteiger partial charge in [0.2, 0.25) is 5.91 Å². The minimum atomic E-state index is -1.04. The molecule has 1 N–H and O–H groups in total. The molecular weight excluding hydrogens is 213 g/mol. The zero-order chi connectivity index (χ0) is 12.6. The predicted molar refractivity (Wildman–Crippen MR) is 58.9 cm³/mol. The van der Waals surface area contributed by atoms with Gasteiger partial charge in [0.1, 0.15) is 12.7 Å². The van der Waals surface area contributed by atoms with E-state index in [4.69, 9.17) is 5.11 Å². The van der Waals surface area contributed by atoms with Crippen molar-refractivity contribution in [3.63, 3.8) is 0 Å². The second kappa shape index (κ2) is 8.07. The van der Waals surface area contributed by atoms with Crippen molar-refractivity contribution >= 4 is 11.9 Å². The van der Waals surface area contributed by atoms with Crippen molar-refractivity contribution in [3.05, 3.63) is 0 Å². The highest BCUT2D eigenvalue weighted by atomic mass is 19.1. The summed E-state index contributed by atoms with van der Waals surface area (Å²) in [5.74, 6) is -1.28. The van der Waals surface area contributed by atoms with Crippen molar-refractivity contribution in [3.8, 4) is 0 Å². The van der Waals surface area contributed by atoms with Gasteiger partial charge >= 0.3 is 5.97 Å². The third-order valence-corrected chi connectivity index (χ3v) is 2.31. The number of alkyl halides is 1. The summed E-state index contributed by atoms with van der Waals surface area (Å²) < 4.78 is 13.0. The molecule has 1 unspecified atom stereocenters. The van der Waals surface area contributed by atoms with Gasteiger partial charge in [0.15, 0.2) is 0 Å². The monoisotopic (exact) mass is 233 g/mol. The molecule has 0 saturated carbocycles. The van der Waals surface area contributed by atoms with Crippen LogP contribution in [0, 0.1) is 0 Å². The van der Waals surface area contributed by atoms with Crippen LogP contribution in [0.2, 0.25) is 0 Å². The lowest BCUT2D eigenvalue weighted by Gasteiger charge is -2.14. The standard InChI is InChI=1S/C11H20FNO3/c1-3-5-9(12)6-4-7-10(14)13(2)8-11(15)16/h9H,3-8H2,1-2H3,(H,15,16). The first-order valence-electron chi connectivity index (χ1n) is 5.57. The van der Waals surface area contributed by atoms with Crippen LogP contribution in [0.1, 0.15) is 39.0 Å². The summed E-state index contributed by atoms with van der Waals surface area (Å²) in [4.78, 5) is 22.8. The number of hydrogen-bond donors (Lipinski definition) is 1. The minimum absolute atomic E-state index is 0.216. The number of likely N-dealkylation sites (N-methyl/N-ethyl adjacent to an activating group) is 1. The minimum Gasteiger partial charge on any atom is -0.480 e. The molecule has 0 aromatic rings. The van der Waals surface area contributed by atoms with E-state index in [2.05, 4.69) is 0 Å². The maximum Gasteiger partial charge on any atom is 0.323 e. The number of halogens is 1. The van der Waals surface area contributed by atoms with Gasteiger partial charge in [-0.3, -0.25) is 9.59 Å². The van der Waals surface area contributed by atoms with E-state index in [1.54, 1.807) is 0 Å². The summed E-state index contributed by atoms with van der Waals surface area (Å²) in [6, 6.07) is 0. The molecule has 94 valence electrons. The molecule has 0 aliphatic heterocycles. The Labute approximate surface area is 95.4 Å². The van der Waals surface area contributed by atoms with Crippen LogP contribution >= 0.6 is 0 Å². The average Bonchev–Trinajstić information content (AvgIpc) is 2.16. The maximum absolute atomic E-state index is 13.0. The Balaban J connectivity index is 3.68. The highest BCUT2D eigenvalue weighted by molar-refractivity contribution is 5.80. The Kier molecular flexibility index (Phi) is 7.50. The molecule has 0 saturated heterocycles. The Bertz CT molecular complexity index is 233. The van der Waals surface area contributed by atoms with Crippen molar-refractivity contribution in [2.45, 2.75) is 45.2 Å². The quantitative estimate of drug-likeness (QED) is 0.696. The number of nitrogens with zero attached hydrogens (tertiary/aromatic N) is 1. The molecule has 16 heavy (non-hydrogen) atoms. The molecule has 0 rings (SSSR count). The van der Waals surface area contributed by atoms with E-state index < -0.39 is 12.1 Å². The zero-order valence-electron chi connectivity index (χ0n) is 9.91. The van der Waals surface area contributed by atoms with Crippen LogP contribution in [0.4, 0.5) is 4.39 Å². The fourth-order valence-corrected chi connectivity index (χ4v) is 1.41. The second-order valence-corrected chi connectivity index (χ2v) is 3.92. The Morgan fingerprint density at radius 3 is 2.50 bits per heavy atom. The highest BCUT2D eigenvalue weighted by Crippen LogP contribution is 2.11. The molecule has 5 heteroatoms. The van der Waals surface area contributed by atoms with E-state index in [0.717, 1.165) is 11.3 Å². The molecule has 4 nitrogen and oxygen atoms in total. The lowest BCUT2D eigenvalue weighted by Crippen LogP contribution is -2.31. The average molecular weight is 233 g/mol. The number of hydrogen-bond acceptors (Lipinski definition) is 2. The predicted octanol–water partition coefficient (Wildman–Crippen LogP) is 1.84. The van der Waals surface area contributed by atoms with Gasteiger partial charge in [-0.2, -0.15) is 0 Å². The Morgan fingerprint density at radius 1 is 1.38 bits per heavy atom. The molecule has 0 spiro atoms. The lowest BCUT2D eigenvalue weighted by molar-refractivity contribution is -0.143. The van der Waals surface area contributed by atoms with Crippen LogP contribution in [0.15, 0.2) is 0 Å². The molecule has 0 aromatic carbocycles. The number of aliphatic carboxylic acids is 1. The van der Waals surface area contributed by atoms with Crippen LogP contribution in [0.5, 0.6) is 0 Å². The van der Waals surface area contributed by atoms with Crippen molar-refractivity contribution < 1.29 is 19.1 Å². The SMILES string of the molecule is CCCC(F)CCCC(=O)N(C)CC(=O)O. The molecule has 0 aliphatic rings. The van der Waals surface area contributed by atoms with Crippen molar-refractivity contribution in [2.24, 2.45) is 0 Å². The smallest absolute Gasteiger partial charge is 0.323 e. The number of carboxylic acid groups (broad SMARTS) is 1. The molecule has 0 heterocycles. The van der Waals surface area contributed by atoms with Gasteiger partial charge in [0.25, 0.3) is 0 Å². The van der Waals surface area contributed by atoms with Gasteiger partial charge in [0.05, 0.1) is 0 Å². The van der Waals surface area contributed by atoms with Crippen molar-refractivity contribution in [2.75, 3.05) is 13.6 Å². The van der Waals surface area contributed by atoms with Gasteiger partial charge in [0, 0.05) is 13.5 Å². The number of amides is 1. The van der Waals surface area contributed by atoms with E-state index in [1.807, 2.05) is 6.92 Å². The summed E-state index contributed by atoms with van der Waals surface area (Å²) in [7, 11) is 1.44. The number of carboxylic acids is 1. The van der Waals surface area contributed by atoms with Crippen molar-refractivity contribution in [1.29, 1.82) is 0 Å². The second-order valence-electron chi connectivity index (χ2n) is 3.92.